The van der Waals surface area contributed by atoms with Gasteiger partial charge in [-0.05, 0) is 60.9 Å². The van der Waals surface area contributed by atoms with Crippen LogP contribution in [0.2, 0.25) is 0 Å². The second kappa shape index (κ2) is 12.6. The fourth-order valence-electron chi connectivity index (χ4n) is 4.90. The minimum absolute atomic E-state index is 0. The Balaban J connectivity index is 0.00000387. The van der Waals surface area contributed by atoms with Crippen LogP contribution >= 0.6 is 12.4 Å². The molecule has 11 heteroatoms. The molecule has 2 atom stereocenters. The average Bonchev–Trinajstić information content (AvgIpc) is 3.48. The highest BCUT2D eigenvalue weighted by Gasteiger charge is 2.28. The van der Waals surface area contributed by atoms with Crippen LogP contribution in [0, 0.1) is 23.1 Å². The van der Waals surface area contributed by atoms with E-state index in [9.17, 15) is 24.3 Å². The molecule has 0 aliphatic heterocycles. The van der Waals surface area contributed by atoms with Crippen LogP contribution < -0.4 is 16.4 Å². The molecule has 5 rings (SSSR count). The van der Waals surface area contributed by atoms with Gasteiger partial charge in [0.05, 0.1) is 17.9 Å². The zero-order valence-electron chi connectivity index (χ0n) is 21.8. The number of amides is 2. The monoisotopic (exact) mass is 575 g/mol. The number of carbonyl (C=O) groups is 2. The Hall–Kier alpha value is -4.72. The van der Waals surface area contributed by atoms with Crippen molar-refractivity contribution in [1.82, 2.24) is 4.98 Å². The number of furan rings is 1. The summed E-state index contributed by atoms with van der Waals surface area (Å²) in [4.78, 5) is 30.2. The first-order valence-corrected chi connectivity index (χ1v) is 12.8. The third kappa shape index (κ3) is 6.38. The third-order valence-electron chi connectivity index (χ3n) is 6.94. The van der Waals surface area contributed by atoms with Gasteiger partial charge in [-0.2, -0.15) is 5.26 Å². The summed E-state index contributed by atoms with van der Waals surface area (Å²) < 4.78 is 18.9. The van der Waals surface area contributed by atoms with Crippen LogP contribution in [0.4, 0.5) is 15.9 Å². The largest absolute Gasteiger partial charge is 0.507 e. The summed E-state index contributed by atoms with van der Waals surface area (Å²) in [5.41, 5.74) is 8.03. The van der Waals surface area contributed by atoms with Crippen LogP contribution in [0.1, 0.15) is 41.8 Å². The Morgan fingerprint density at radius 3 is 2.56 bits per heavy atom. The van der Waals surface area contributed by atoms with Crippen LogP contribution in [-0.2, 0) is 4.79 Å². The van der Waals surface area contributed by atoms with E-state index in [-0.39, 0.29) is 64.4 Å². The van der Waals surface area contributed by atoms with Gasteiger partial charge < -0.3 is 25.9 Å². The zero-order chi connectivity index (χ0) is 28.2. The lowest BCUT2D eigenvalue weighted by atomic mass is 9.84. The molecule has 9 nitrogen and oxygen atoms in total. The summed E-state index contributed by atoms with van der Waals surface area (Å²) >= 11 is 0. The lowest BCUT2D eigenvalue weighted by Gasteiger charge is -2.27. The number of aromatic hydroxyl groups is 1. The fourth-order valence-corrected chi connectivity index (χ4v) is 4.90. The number of nitrogens with one attached hydrogen (secondary N) is 2. The number of phenolic OH excluding ortho intramolecular Hbond substituents is 1. The molecule has 2 amide bonds. The van der Waals surface area contributed by atoms with Crippen LogP contribution in [-0.4, -0.2) is 27.9 Å². The maximum atomic E-state index is 13.7. The highest BCUT2D eigenvalue weighted by atomic mass is 35.5. The highest BCUT2D eigenvalue weighted by Crippen LogP contribution is 2.37. The van der Waals surface area contributed by atoms with Crippen molar-refractivity contribution in [3.63, 3.8) is 0 Å². The number of aromatic nitrogens is 1. The molecule has 0 radical (unpaired) electrons. The number of nitrogens with zero attached hydrogens (tertiary/aromatic N) is 2. The number of pyridine rings is 1. The van der Waals surface area contributed by atoms with Gasteiger partial charge in [0.15, 0.2) is 11.6 Å². The smallest absolute Gasteiger partial charge is 0.292 e. The number of hydrogen-bond donors (Lipinski definition) is 4. The molecule has 0 spiro atoms. The molecule has 2 unspecified atom stereocenters. The van der Waals surface area contributed by atoms with Crippen molar-refractivity contribution in [2.24, 2.45) is 11.7 Å². The second-order valence-electron chi connectivity index (χ2n) is 9.61. The lowest BCUT2D eigenvalue weighted by molar-refractivity contribution is -0.121. The molecule has 2 aromatic carbocycles. The van der Waals surface area contributed by atoms with Crippen molar-refractivity contribution in [2.45, 2.75) is 31.7 Å². The van der Waals surface area contributed by atoms with Gasteiger partial charge in [0.2, 0.25) is 5.91 Å². The van der Waals surface area contributed by atoms with Gasteiger partial charge in [-0.25, -0.2) is 9.37 Å². The molecule has 1 aliphatic rings. The molecule has 0 bridgehead atoms. The number of halogens is 2. The number of carbonyl (C=O) groups excluding carboxylic acids is 2. The van der Waals surface area contributed by atoms with Crippen molar-refractivity contribution in [2.75, 3.05) is 10.6 Å². The summed E-state index contributed by atoms with van der Waals surface area (Å²) in [5, 5.41) is 26.1. The minimum Gasteiger partial charge on any atom is -0.507 e. The number of nitriles is 1. The molecule has 210 valence electrons. The number of phenols is 1. The lowest BCUT2D eigenvalue weighted by Crippen LogP contribution is -2.40. The van der Waals surface area contributed by atoms with Crippen molar-refractivity contribution in [3.05, 3.63) is 84.1 Å². The van der Waals surface area contributed by atoms with E-state index in [4.69, 9.17) is 10.2 Å². The molecule has 1 saturated carbocycles. The summed E-state index contributed by atoms with van der Waals surface area (Å²) in [6.07, 6.45) is 4.81. The van der Waals surface area contributed by atoms with E-state index in [1.807, 2.05) is 0 Å². The predicted octanol–water partition coefficient (Wildman–Crippen LogP) is 5.86. The maximum absolute atomic E-state index is 13.7. The van der Waals surface area contributed by atoms with Gasteiger partial charge in [-0.1, -0.05) is 25.0 Å². The van der Waals surface area contributed by atoms with E-state index >= 15 is 0 Å². The van der Waals surface area contributed by atoms with Gasteiger partial charge in [-0.3, -0.25) is 9.59 Å². The predicted molar refractivity (Wildman–Crippen MR) is 154 cm³/mol. The molecule has 1 fully saturated rings. The van der Waals surface area contributed by atoms with E-state index in [0.717, 1.165) is 31.7 Å². The SMILES string of the molecule is Cl.N#Cc1c(-c2cccc(NC(=O)C3CCCCC3N)c2)cc(-c2ccc(F)cc2O)nc1NC(=O)c1ccco1. The summed E-state index contributed by atoms with van der Waals surface area (Å²) in [6, 6.07) is 16.8. The topological polar surface area (TPSA) is 154 Å². The Kier molecular flexibility index (Phi) is 9.02. The van der Waals surface area contributed by atoms with Crippen LogP contribution in [0.15, 0.2) is 71.3 Å². The maximum Gasteiger partial charge on any atom is 0.292 e. The van der Waals surface area contributed by atoms with E-state index in [2.05, 4.69) is 21.7 Å². The second-order valence-corrected chi connectivity index (χ2v) is 9.61. The number of hydrogen-bond acceptors (Lipinski definition) is 7. The fraction of sp³-hybridized carbons (Fsp3) is 0.200. The Bertz CT molecular complexity index is 1620. The van der Waals surface area contributed by atoms with E-state index in [1.165, 1.54) is 24.5 Å². The summed E-state index contributed by atoms with van der Waals surface area (Å²) in [5.74, 6) is -2.16. The first-order chi connectivity index (χ1) is 19.3. The summed E-state index contributed by atoms with van der Waals surface area (Å²) in [7, 11) is 0. The minimum atomic E-state index is -0.636. The number of anilines is 2. The molecule has 2 aromatic heterocycles. The van der Waals surface area contributed by atoms with Gasteiger partial charge >= 0.3 is 0 Å². The number of rotatable bonds is 6. The molecular formula is C30H27ClFN5O4. The number of benzene rings is 2. The molecular weight excluding hydrogens is 549 g/mol. The Labute approximate surface area is 241 Å². The first-order valence-electron chi connectivity index (χ1n) is 12.8. The van der Waals surface area contributed by atoms with E-state index in [1.54, 1.807) is 36.4 Å². The normalized spacial score (nSPS) is 16.2. The average molecular weight is 576 g/mol. The van der Waals surface area contributed by atoms with Crippen molar-refractivity contribution >= 4 is 35.7 Å². The molecule has 2 heterocycles. The standard InChI is InChI=1S/C30H26FN5O4.ClH/c31-18-10-11-21(26(37)14-18)25-15-22(23(16-32)28(35-25)36-30(39)27-9-4-12-40-27)17-5-3-6-19(13-17)34-29(38)20-7-1-2-8-24(20)33;/h3-6,9-15,20,24,37H,1-2,7-8,33H2,(H,34,38)(H,35,36,39);1H. The van der Waals surface area contributed by atoms with Gasteiger partial charge in [0, 0.05) is 28.9 Å². The van der Waals surface area contributed by atoms with Crippen molar-refractivity contribution in [3.8, 4) is 34.2 Å². The summed E-state index contributed by atoms with van der Waals surface area (Å²) in [6.45, 7) is 0. The molecule has 41 heavy (non-hydrogen) atoms. The number of nitrogens with two attached hydrogens (primary N) is 1. The Morgan fingerprint density at radius 2 is 1.85 bits per heavy atom. The molecule has 5 N–H and O–H groups in total. The zero-order valence-corrected chi connectivity index (χ0v) is 22.6. The van der Waals surface area contributed by atoms with Crippen LogP contribution in [0.5, 0.6) is 5.75 Å². The highest BCUT2D eigenvalue weighted by molar-refractivity contribution is 6.03. The van der Waals surface area contributed by atoms with Crippen LogP contribution in [0.3, 0.4) is 0 Å². The molecule has 1 aliphatic carbocycles. The third-order valence-corrected chi connectivity index (χ3v) is 6.94. The molecule has 0 saturated heterocycles. The van der Waals surface area contributed by atoms with Gasteiger partial charge in [-0.15, -0.1) is 12.4 Å². The van der Waals surface area contributed by atoms with Gasteiger partial charge in [0.1, 0.15) is 23.2 Å². The van der Waals surface area contributed by atoms with E-state index < -0.39 is 11.7 Å². The van der Waals surface area contributed by atoms with Crippen molar-refractivity contribution < 1.29 is 23.5 Å². The van der Waals surface area contributed by atoms with Crippen molar-refractivity contribution in [1.29, 1.82) is 5.26 Å². The van der Waals surface area contributed by atoms with Gasteiger partial charge in [0.25, 0.3) is 5.91 Å². The Morgan fingerprint density at radius 1 is 1.05 bits per heavy atom. The molecule has 4 aromatic rings. The quantitative estimate of drug-likeness (QED) is 0.224. The van der Waals surface area contributed by atoms with E-state index in [0.29, 0.717) is 16.8 Å². The first kappa shape index (κ1) is 29.3. The van der Waals surface area contributed by atoms with Crippen LogP contribution in [0.25, 0.3) is 22.4 Å².